The second kappa shape index (κ2) is 9.22. The van der Waals surface area contributed by atoms with Crippen molar-refractivity contribution in [2.45, 2.75) is 46.8 Å². The van der Waals surface area contributed by atoms with Crippen molar-refractivity contribution in [3.05, 3.63) is 22.5 Å². The summed E-state index contributed by atoms with van der Waals surface area (Å²) in [4.78, 5) is 39.1. The zero-order valence-electron chi connectivity index (χ0n) is 15.5. The molecule has 0 saturated heterocycles. The average Bonchev–Trinajstić information content (AvgIpc) is 2.81. The van der Waals surface area contributed by atoms with E-state index >= 15 is 0 Å². The number of amides is 1. The Labute approximate surface area is 147 Å². The molecule has 1 atom stereocenters. The molecule has 0 spiro atoms. The summed E-state index contributed by atoms with van der Waals surface area (Å²) in [7, 11) is 1.52. The summed E-state index contributed by atoms with van der Waals surface area (Å²) in [6, 6.07) is 0. The Morgan fingerprint density at radius 2 is 1.72 bits per heavy atom. The van der Waals surface area contributed by atoms with E-state index < -0.39 is 23.9 Å². The van der Waals surface area contributed by atoms with Gasteiger partial charge in [-0.05, 0) is 40.2 Å². The zero-order chi connectivity index (χ0) is 19.1. The Morgan fingerprint density at radius 3 is 2.28 bits per heavy atom. The highest BCUT2D eigenvalue weighted by Gasteiger charge is 2.26. The van der Waals surface area contributed by atoms with Gasteiger partial charge in [0.05, 0.1) is 18.3 Å². The summed E-state index contributed by atoms with van der Waals surface area (Å²) < 4.78 is 15.2. The number of ether oxygens (including phenoxy) is 3. The third-order valence-corrected chi connectivity index (χ3v) is 3.45. The fourth-order valence-corrected chi connectivity index (χ4v) is 2.23. The van der Waals surface area contributed by atoms with E-state index in [0.29, 0.717) is 30.0 Å². The minimum absolute atomic E-state index is 0.129. The van der Waals surface area contributed by atoms with E-state index in [1.165, 1.54) is 14.0 Å². The number of carbonyl (C=O) groups is 3. The predicted molar refractivity (Wildman–Crippen MR) is 90.6 cm³/mol. The van der Waals surface area contributed by atoms with Gasteiger partial charge in [-0.3, -0.25) is 4.79 Å². The maximum absolute atomic E-state index is 12.3. The van der Waals surface area contributed by atoms with Gasteiger partial charge in [0, 0.05) is 19.3 Å². The summed E-state index contributed by atoms with van der Waals surface area (Å²) in [5, 5.41) is 2.59. The van der Waals surface area contributed by atoms with Crippen LogP contribution in [0.3, 0.4) is 0 Å². The lowest BCUT2D eigenvalue weighted by molar-refractivity contribution is -0.129. The van der Waals surface area contributed by atoms with Gasteiger partial charge in [-0.1, -0.05) is 0 Å². The molecule has 25 heavy (non-hydrogen) atoms. The van der Waals surface area contributed by atoms with Crippen LogP contribution in [0, 0.1) is 13.8 Å². The van der Waals surface area contributed by atoms with Crippen LogP contribution in [0.5, 0.6) is 0 Å². The van der Waals surface area contributed by atoms with Gasteiger partial charge in [-0.15, -0.1) is 0 Å². The van der Waals surface area contributed by atoms with Gasteiger partial charge in [0.1, 0.15) is 5.69 Å². The fraction of sp³-hybridized carbons (Fsp3) is 0.588. The van der Waals surface area contributed by atoms with Crippen LogP contribution in [-0.4, -0.2) is 55.3 Å². The van der Waals surface area contributed by atoms with E-state index in [4.69, 9.17) is 14.2 Å². The molecule has 140 valence electrons. The molecule has 2 N–H and O–H groups in total. The number of esters is 2. The molecule has 0 aliphatic heterocycles. The molecule has 8 heteroatoms. The first kappa shape index (κ1) is 20.7. The molecule has 1 amide bonds. The minimum Gasteiger partial charge on any atom is -0.459 e. The summed E-state index contributed by atoms with van der Waals surface area (Å²) in [6.07, 6.45) is -1.24. The number of rotatable bonds is 8. The molecular weight excluding hydrogens is 328 g/mol. The minimum atomic E-state index is -0.974. The topological polar surface area (TPSA) is 107 Å². The molecule has 8 nitrogen and oxygen atoms in total. The highest BCUT2D eigenvalue weighted by atomic mass is 16.6. The molecule has 0 saturated carbocycles. The Balaban J connectivity index is 2.82. The van der Waals surface area contributed by atoms with Gasteiger partial charge in [-0.2, -0.15) is 0 Å². The predicted octanol–water partition coefficient (Wildman–Crippen LogP) is 1.50. The second-order valence-corrected chi connectivity index (χ2v) is 5.91. The average molecular weight is 354 g/mol. The lowest BCUT2D eigenvalue weighted by atomic mass is 10.1. The van der Waals surface area contributed by atoms with Crippen molar-refractivity contribution in [2.24, 2.45) is 0 Å². The largest absolute Gasteiger partial charge is 0.459 e. The fourth-order valence-electron chi connectivity index (χ4n) is 2.23. The molecule has 1 heterocycles. The van der Waals surface area contributed by atoms with Crippen molar-refractivity contribution in [3.8, 4) is 0 Å². The first-order chi connectivity index (χ1) is 11.7. The number of carbonyl (C=O) groups excluding carboxylic acids is 3. The van der Waals surface area contributed by atoms with Crippen LogP contribution < -0.4 is 5.32 Å². The summed E-state index contributed by atoms with van der Waals surface area (Å²) in [5.41, 5.74) is 1.37. The highest BCUT2D eigenvalue weighted by Crippen LogP contribution is 2.20. The lowest BCUT2D eigenvalue weighted by Gasteiger charge is -2.13. The van der Waals surface area contributed by atoms with Gasteiger partial charge >= 0.3 is 11.9 Å². The van der Waals surface area contributed by atoms with Crippen molar-refractivity contribution in [1.82, 2.24) is 10.3 Å². The number of H-pyrrole nitrogens is 1. The van der Waals surface area contributed by atoms with Crippen LogP contribution in [-0.2, 0) is 19.0 Å². The molecule has 0 unspecified atom stereocenters. The Bertz CT molecular complexity index is 635. The molecule has 0 aromatic carbocycles. The van der Waals surface area contributed by atoms with E-state index in [1.807, 2.05) is 0 Å². The molecule has 0 bridgehead atoms. The maximum Gasteiger partial charge on any atom is 0.355 e. The maximum atomic E-state index is 12.3. The van der Waals surface area contributed by atoms with Crippen LogP contribution in [0.25, 0.3) is 0 Å². The van der Waals surface area contributed by atoms with Crippen LogP contribution >= 0.6 is 0 Å². The molecule has 1 aromatic rings. The monoisotopic (exact) mass is 354 g/mol. The molecular formula is C17H26N2O6. The van der Waals surface area contributed by atoms with Crippen molar-refractivity contribution in [3.63, 3.8) is 0 Å². The highest BCUT2D eigenvalue weighted by molar-refractivity contribution is 5.99. The normalized spacial score (nSPS) is 12.0. The molecule has 0 radical (unpaired) electrons. The van der Waals surface area contributed by atoms with Gasteiger partial charge in [0.25, 0.3) is 5.91 Å². The molecule has 0 aliphatic carbocycles. The number of methoxy groups -OCH3 is 1. The molecule has 0 fully saturated rings. The van der Waals surface area contributed by atoms with Crippen molar-refractivity contribution >= 4 is 17.8 Å². The summed E-state index contributed by atoms with van der Waals surface area (Å²) in [5.74, 6) is -1.64. The smallest absolute Gasteiger partial charge is 0.355 e. The summed E-state index contributed by atoms with van der Waals surface area (Å²) >= 11 is 0. The Hall–Kier alpha value is -2.35. The van der Waals surface area contributed by atoms with Crippen molar-refractivity contribution < 1.29 is 28.6 Å². The van der Waals surface area contributed by atoms with Crippen LogP contribution in [0.2, 0.25) is 0 Å². The van der Waals surface area contributed by atoms with E-state index in [-0.39, 0.29) is 11.8 Å². The Morgan fingerprint density at radius 1 is 1.08 bits per heavy atom. The van der Waals surface area contributed by atoms with Crippen LogP contribution in [0.15, 0.2) is 0 Å². The van der Waals surface area contributed by atoms with E-state index in [9.17, 15) is 14.4 Å². The van der Waals surface area contributed by atoms with Gasteiger partial charge in [-0.25, -0.2) is 9.59 Å². The number of aromatic amines is 1. The van der Waals surface area contributed by atoms with Crippen molar-refractivity contribution in [2.75, 3.05) is 20.3 Å². The standard InChI is InChI=1S/C17H26N2O6/c1-9(2)24-16(21)13-10(3)14(19-11(13)4)17(22)25-12(5)15(20)18-7-8-23-6/h9,12,19H,7-8H2,1-6H3,(H,18,20)/t12-/m0/s1. The SMILES string of the molecule is COCCNC(=O)[C@H](C)OC(=O)c1[nH]c(C)c(C(=O)OC(C)C)c1C. The molecule has 0 aliphatic rings. The van der Waals surface area contributed by atoms with E-state index in [1.54, 1.807) is 27.7 Å². The third kappa shape index (κ3) is 5.60. The number of aryl methyl sites for hydroxylation is 1. The van der Waals surface area contributed by atoms with Crippen molar-refractivity contribution in [1.29, 1.82) is 0 Å². The zero-order valence-corrected chi connectivity index (χ0v) is 15.5. The second-order valence-electron chi connectivity index (χ2n) is 5.91. The summed E-state index contributed by atoms with van der Waals surface area (Å²) in [6.45, 7) is 8.94. The quantitative estimate of drug-likeness (QED) is 0.541. The lowest BCUT2D eigenvalue weighted by Crippen LogP contribution is -2.37. The first-order valence-corrected chi connectivity index (χ1v) is 8.06. The van der Waals surface area contributed by atoms with E-state index in [0.717, 1.165) is 0 Å². The van der Waals surface area contributed by atoms with Gasteiger partial charge in [0.15, 0.2) is 6.10 Å². The van der Waals surface area contributed by atoms with Gasteiger partial charge in [0.2, 0.25) is 0 Å². The first-order valence-electron chi connectivity index (χ1n) is 8.06. The van der Waals surface area contributed by atoms with Crippen LogP contribution in [0.1, 0.15) is 52.9 Å². The number of nitrogens with one attached hydrogen (secondary N) is 2. The van der Waals surface area contributed by atoms with Crippen LogP contribution in [0.4, 0.5) is 0 Å². The Kier molecular flexibility index (Phi) is 7.63. The molecule has 1 aromatic heterocycles. The number of hydrogen-bond donors (Lipinski definition) is 2. The molecule has 1 rings (SSSR count). The third-order valence-electron chi connectivity index (χ3n) is 3.45. The number of aromatic nitrogens is 1. The number of hydrogen-bond acceptors (Lipinski definition) is 6. The van der Waals surface area contributed by atoms with E-state index in [2.05, 4.69) is 10.3 Å². The van der Waals surface area contributed by atoms with Gasteiger partial charge < -0.3 is 24.5 Å².